The van der Waals surface area contributed by atoms with Crippen molar-refractivity contribution >= 4 is 0 Å². The number of alkyl halides is 1. The number of rotatable bonds is 2. The summed E-state index contributed by atoms with van der Waals surface area (Å²) in [6.45, 7) is 6.13. The van der Waals surface area contributed by atoms with Gasteiger partial charge in [-0.25, -0.2) is 4.39 Å². The van der Waals surface area contributed by atoms with E-state index in [9.17, 15) is 4.39 Å². The number of hydrogen-bond donors (Lipinski definition) is 0. The van der Waals surface area contributed by atoms with Gasteiger partial charge in [-0.1, -0.05) is 20.8 Å². The first-order valence-corrected chi connectivity index (χ1v) is 4.44. The van der Waals surface area contributed by atoms with Crippen LogP contribution in [0, 0.1) is 5.92 Å². The van der Waals surface area contributed by atoms with Crippen molar-refractivity contribution in [1.29, 1.82) is 0 Å². The summed E-state index contributed by atoms with van der Waals surface area (Å²) in [6.07, 6.45) is 0.672. The predicted octanol–water partition coefficient (Wildman–Crippen LogP) is 2.55. The highest BCUT2D eigenvalue weighted by atomic mass is 19.1. The largest absolute Gasteiger partial charge is 0.372 e. The first-order valence-electron chi connectivity index (χ1n) is 4.44. The summed E-state index contributed by atoms with van der Waals surface area (Å²) in [5, 5.41) is 0. The van der Waals surface area contributed by atoms with Crippen molar-refractivity contribution in [3.05, 3.63) is 0 Å². The maximum absolute atomic E-state index is 13.1. The first-order chi connectivity index (χ1) is 5.15. The van der Waals surface area contributed by atoms with Crippen molar-refractivity contribution in [2.45, 2.75) is 52.0 Å². The molecule has 0 amide bonds. The van der Waals surface area contributed by atoms with Crippen LogP contribution in [0.3, 0.4) is 0 Å². The molecule has 1 heterocycles. The van der Waals surface area contributed by atoms with Gasteiger partial charge in [0, 0.05) is 6.42 Å². The molecule has 0 aromatic rings. The number of ether oxygens (including phenoxy) is 1. The summed E-state index contributed by atoms with van der Waals surface area (Å²) < 4.78 is 18.6. The summed E-state index contributed by atoms with van der Waals surface area (Å²) in [5.41, 5.74) is 0. The second-order valence-corrected chi connectivity index (χ2v) is 3.62. The average molecular weight is 160 g/mol. The fourth-order valence-electron chi connectivity index (χ4n) is 1.52. The third kappa shape index (κ3) is 1.92. The normalized spacial score (nSPS) is 38.5. The summed E-state index contributed by atoms with van der Waals surface area (Å²) in [6, 6.07) is 0. The standard InChI is InChI=1S/C9H17FO/c1-4-8-7(10)5-9(11-8)6(2)3/h6-9H,4-5H2,1-3H3. The van der Waals surface area contributed by atoms with Gasteiger partial charge in [0.25, 0.3) is 0 Å². The molecular weight excluding hydrogens is 143 g/mol. The van der Waals surface area contributed by atoms with Gasteiger partial charge in [0.1, 0.15) is 6.17 Å². The molecule has 2 heteroatoms. The van der Waals surface area contributed by atoms with Crippen molar-refractivity contribution in [3.63, 3.8) is 0 Å². The molecule has 1 rings (SSSR count). The molecule has 0 aromatic carbocycles. The van der Waals surface area contributed by atoms with E-state index in [4.69, 9.17) is 4.74 Å². The van der Waals surface area contributed by atoms with Gasteiger partial charge in [-0.05, 0) is 12.3 Å². The van der Waals surface area contributed by atoms with Gasteiger partial charge >= 0.3 is 0 Å². The van der Waals surface area contributed by atoms with E-state index >= 15 is 0 Å². The molecule has 0 bridgehead atoms. The van der Waals surface area contributed by atoms with Gasteiger partial charge in [0.05, 0.1) is 12.2 Å². The lowest BCUT2D eigenvalue weighted by molar-refractivity contribution is 0.00618. The van der Waals surface area contributed by atoms with Crippen molar-refractivity contribution in [2.24, 2.45) is 5.92 Å². The molecule has 3 atom stereocenters. The van der Waals surface area contributed by atoms with E-state index in [0.29, 0.717) is 12.3 Å². The second-order valence-electron chi connectivity index (χ2n) is 3.62. The molecule has 11 heavy (non-hydrogen) atoms. The zero-order valence-corrected chi connectivity index (χ0v) is 7.51. The molecule has 1 saturated heterocycles. The molecule has 66 valence electrons. The van der Waals surface area contributed by atoms with E-state index in [-0.39, 0.29) is 12.2 Å². The van der Waals surface area contributed by atoms with Gasteiger partial charge in [-0.2, -0.15) is 0 Å². The quantitative estimate of drug-likeness (QED) is 0.603. The van der Waals surface area contributed by atoms with E-state index < -0.39 is 6.17 Å². The lowest BCUT2D eigenvalue weighted by atomic mass is 10.0. The van der Waals surface area contributed by atoms with Crippen LogP contribution in [0.5, 0.6) is 0 Å². The highest BCUT2D eigenvalue weighted by Gasteiger charge is 2.35. The molecule has 0 saturated carbocycles. The smallest absolute Gasteiger partial charge is 0.129 e. The Morgan fingerprint density at radius 3 is 2.45 bits per heavy atom. The summed E-state index contributed by atoms with van der Waals surface area (Å²) >= 11 is 0. The van der Waals surface area contributed by atoms with Crippen LogP contribution in [0.4, 0.5) is 4.39 Å². The van der Waals surface area contributed by atoms with Crippen molar-refractivity contribution in [1.82, 2.24) is 0 Å². The SMILES string of the molecule is CCC1OC(C(C)C)CC1F. The maximum Gasteiger partial charge on any atom is 0.129 e. The molecular formula is C9H17FO. The Labute approximate surface area is 67.9 Å². The third-order valence-corrected chi connectivity index (χ3v) is 2.36. The average Bonchev–Trinajstić information content (AvgIpc) is 2.31. The molecule has 0 spiro atoms. The van der Waals surface area contributed by atoms with Gasteiger partial charge in [0.15, 0.2) is 0 Å². The second kappa shape index (κ2) is 3.53. The molecule has 0 aliphatic carbocycles. The van der Waals surface area contributed by atoms with E-state index in [2.05, 4.69) is 13.8 Å². The van der Waals surface area contributed by atoms with E-state index in [1.165, 1.54) is 0 Å². The lowest BCUT2D eigenvalue weighted by Gasteiger charge is -2.14. The lowest BCUT2D eigenvalue weighted by Crippen LogP contribution is -2.17. The fourth-order valence-corrected chi connectivity index (χ4v) is 1.52. The zero-order chi connectivity index (χ0) is 8.43. The number of halogens is 1. The van der Waals surface area contributed by atoms with E-state index in [1.54, 1.807) is 0 Å². The van der Waals surface area contributed by atoms with E-state index in [0.717, 1.165) is 6.42 Å². The molecule has 1 nitrogen and oxygen atoms in total. The molecule has 0 N–H and O–H groups in total. The van der Waals surface area contributed by atoms with Crippen LogP contribution in [0.25, 0.3) is 0 Å². The summed E-state index contributed by atoms with van der Waals surface area (Å²) in [5.74, 6) is 0.449. The highest BCUT2D eigenvalue weighted by Crippen LogP contribution is 2.29. The van der Waals surface area contributed by atoms with Gasteiger partial charge in [-0.3, -0.25) is 0 Å². The van der Waals surface area contributed by atoms with Crippen molar-refractivity contribution < 1.29 is 9.13 Å². The molecule has 1 aliphatic rings. The summed E-state index contributed by atoms with van der Waals surface area (Å²) in [4.78, 5) is 0. The molecule has 0 aromatic heterocycles. The van der Waals surface area contributed by atoms with Crippen LogP contribution in [-0.4, -0.2) is 18.4 Å². The molecule has 0 radical (unpaired) electrons. The molecule has 1 fully saturated rings. The van der Waals surface area contributed by atoms with Crippen molar-refractivity contribution in [3.8, 4) is 0 Å². The fraction of sp³-hybridized carbons (Fsp3) is 1.00. The Hall–Kier alpha value is -0.110. The minimum atomic E-state index is -0.729. The Morgan fingerprint density at radius 2 is 2.18 bits per heavy atom. The Kier molecular flexibility index (Phi) is 2.88. The Morgan fingerprint density at radius 1 is 1.55 bits per heavy atom. The first kappa shape index (κ1) is 8.98. The minimum Gasteiger partial charge on any atom is -0.372 e. The monoisotopic (exact) mass is 160 g/mol. The van der Waals surface area contributed by atoms with E-state index in [1.807, 2.05) is 6.92 Å². The van der Waals surface area contributed by atoms with Crippen molar-refractivity contribution in [2.75, 3.05) is 0 Å². The topological polar surface area (TPSA) is 9.23 Å². The minimum absolute atomic E-state index is 0.137. The van der Waals surface area contributed by atoms with Crippen LogP contribution in [0.2, 0.25) is 0 Å². The number of hydrogen-bond acceptors (Lipinski definition) is 1. The Bertz CT molecular complexity index is 125. The zero-order valence-electron chi connectivity index (χ0n) is 7.51. The summed E-state index contributed by atoms with van der Waals surface area (Å²) in [7, 11) is 0. The van der Waals surface area contributed by atoms with Gasteiger partial charge in [-0.15, -0.1) is 0 Å². The van der Waals surface area contributed by atoms with Crippen LogP contribution >= 0.6 is 0 Å². The van der Waals surface area contributed by atoms with Crippen LogP contribution in [-0.2, 0) is 4.74 Å². The molecule has 3 unspecified atom stereocenters. The highest BCUT2D eigenvalue weighted by molar-refractivity contribution is 4.82. The van der Waals surface area contributed by atoms with Gasteiger partial charge in [0.2, 0.25) is 0 Å². The maximum atomic E-state index is 13.1. The van der Waals surface area contributed by atoms with Gasteiger partial charge < -0.3 is 4.74 Å². The third-order valence-electron chi connectivity index (χ3n) is 2.36. The predicted molar refractivity (Wildman–Crippen MR) is 43.3 cm³/mol. The van der Waals surface area contributed by atoms with Crippen LogP contribution in [0.15, 0.2) is 0 Å². The van der Waals surface area contributed by atoms with Crippen LogP contribution < -0.4 is 0 Å². The van der Waals surface area contributed by atoms with Crippen LogP contribution in [0.1, 0.15) is 33.6 Å². The molecule has 1 aliphatic heterocycles. The Balaban J connectivity index is 2.43.